The van der Waals surface area contributed by atoms with Crippen LogP contribution >= 0.6 is 27.7 Å². The molecule has 0 amide bonds. The average molecular weight is 384 g/mol. The van der Waals surface area contributed by atoms with Crippen molar-refractivity contribution in [1.82, 2.24) is 0 Å². The zero-order chi connectivity index (χ0) is 15.8. The lowest BCUT2D eigenvalue weighted by Crippen LogP contribution is -2.07. The van der Waals surface area contributed by atoms with Gasteiger partial charge in [-0.3, -0.25) is 0 Å². The van der Waals surface area contributed by atoms with Gasteiger partial charge in [-0.25, -0.2) is 8.78 Å². The monoisotopic (exact) mass is 383 g/mol. The Morgan fingerprint density at radius 3 is 2.10 bits per heavy atom. The minimum Gasteiger partial charge on any atom is -0.399 e. The molecule has 0 fully saturated rings. The van der Waals surface area contributed by atoms with Gasteiger partial charge in [0.25, 0.3) is 0 Å². The first-order valence-electron chi connectivity index (χ1n) is 5.47. The van der Waals surface area contributed by atoms with E-state index in [1.165, 1.54) is 6.07 Å². The number of anilines is 1. The fourth-order valence-electron chi connectivity index (χ4n) is 1.60. The maximum absolute atomic E-state index is 13.7. The molecule has 0 bridgehead atoms. The van der Waals surface area contributed by atoms with Gasteiger partial charge in [-0.2, -0.15) is 13.2 Å². The van der Waals surface area contributed by atoms with E-state index in [4.69, 9.17) is 5.73 Å². The highest BCUT2D eigenvalue weighted by atomic mass is 79.9. The fraction of sp³-hybridized carbons (Fsp3) is 0.0769. The molecule has 0 spiro atoms. The van der Waals surface area contributed by atoms with Crippen molar-refractivity contribution >= 4 is 33.4 Å². The van der Waals surface area contributed by atoms with Crippen molar-refractivity contribution in [3.63, 3.8) is 0 Å². The third kappa shape index (κ3) is 3.68. The highest BCUT2D eigenvalue weighted by molar-refractivity contribution is 9.10. The van der Waals surface area contributed by atoms with Crippen LogP contribution in [-0.2, 0) is 6.18 Å². The Morgan fingerprint density at radius 2 is 1.57 bits per heavy atom. The molecule has 0 aromatic heterocycles. The molecule has 2 N–H and O–H groups in total. The van der Waals surface area contributed by atoms with Gasteiger partial charge in [0.2, 0.25) is 0 Å². The maximum atomic E-state index is 13.7. The summed E-state index contributed by atoms with van der Waals surface area (Å²) in [6, 6.07) is 4.93. The van der Waals surface area contributed by atoms with Crippen molar-refractivity contribution in [2.45, 2.75) is 16.0 Å². The summed E-state index contributed by atoms with van der Waals surface area (Å²) in [6.07, 6.45) is -4.62. The van der Waals surface area contributed by atoms with Crippen LogP contribution < -0.4 is 5.73 Å². The Morgan fingerprint density at radius 1 is 1.00 bits per heavy atom. The zero-order valence-corrected chi connectivity index (χ0v) is 12.5. The average Bonchev–Trinajstić information content (AvgIpc) is 2.32. The molecule has 21 heavy (non-hydrogen) atoms. The standard InChI is InChI=1S/C13H7BrF5NS/c14-6-1-2-8(13(17,18)19)11(3-6)21-12-9(15)4-7(20)5-10(12)16/h1-5H,20H2. The summed E-state index contributed by atoms with van der Waals surface area (Å²) >= 11 is 3.40. The van der Waals surface area contributed by atoms with Gasteiger partial charge in [0.05, 0.1) is 10.5 Å². The lowest BCUT2D eigenvalue weighted by Gasteiger charge is -2.13. The molecule has 112 valence electrons. The molecule has 0 aliphatic heterocycles. The number of nitrogen functional groups attached to an aromatic ring is 1. The van der Waals surface area contributed by atoms with E-state index >= 15 is 0 Å². The molecule has 0 saturated heterocycles. The lowest BCUT2D eigenvalue weighted by molar-refractivity contribution is -0.139. The summed E-state index contributed by atoms with van der Waals surface area (Å²) < 4.78 is 66.5. The van der Waals surface area contributed by atoms with Crippen molar-refractivity contribution in [2.24, 2.45) is 0 Å². The van der Waals surface area contributed by atoms with Crippen molar-refractivity contribution in [3.8, 4) is 0 Å². The zero-order valence-electron chi connectivity index (χ0n) is 10.1. The molecular formula is C13H7BrF5NS. The van der Waals surface area contributed by atoms with E-state index in [0.29, 0.717) is 16.2 Å². The van der Waals surface area contributed by atoms with Gasteiger partial charge in [0.15, 0.2) is 0 Å². The summed E-state index contributed by atoms with van der Waals surface area (Å²) in [4.78, 5) is -0.841. The van der Waals surface area contributed by atoms with E-state index in [1.807, 2.05) is 0 Å². The van der Waals surface area contributed by atoms with Crippen molar-refractivity contribution in [1.29, 1.82) is 0 Å². The number of hydrogen-bond donors (Lipinski definition) is 1. The summed E-state index contributed by atoms with van der Waals surface area (Å²) in [5.41, 5.74) is 4.16. The number of rotatable bonds is 2. The molecule has 0 aliphatic carbocycles. The summed E-state index contributed by atoms with van der Waals surface area (Å²) in [6.45, 7) is 0. The lowest BCUT2D eigenvalue weighted by atomic mass is 10.2. The number of nitrogens with two attached hydrogens (primary N) is 1. The second-order valence-corrected chi connectivity index (χ2v) is 6.02. The molecule has 8 heteroatoms. The minimum absolute atomic E-state index is 0.139. The van der Waals surface area contributed by atoms with Gasteiger partial charge in [0, 0.05) is 15.1 Å². The van der Waals surface area contributed by atoms with Gasteiger partial charge in [0.1, 0.15) is 11.6 Å². The Bertz CT molecular complexity index is 664. The molecule has 0 radical (unpaired) electrons. The topological polar surface area (TPSA) is 26.0 Å². The first kappa shape index (κ1) is 16.1. The summed E-state index contributed by atoms with van der Waals surface area (Å²) in [7, 11) is 0. The molecule has 2 aromatic carbocycles. The van der Waals surface area contributed by atoms with E-state index in [1.54, 1.807) is 0 Å². The van der Waals surface area contributed by atoms with Gasteiger partial charge >= 0.3 is 6.18 Å². The highest BCUT2D eigenvalue weighted by Crippen LogP contribution is 2.42. The molecule has 0 saturated carbocycles. The quantitative estimate of drug-likeness (QED) is 0.548. The van der Waals surface area contributed by atoms with Crippen LogP contribution in [0.1, 0.15) is 5.56 Å². The molecule has 0 aliphatic rings. The van der Waals surface area contributed by atoms with Crippen molar-refractivity contribution in [3.05, 3.63) is 52.0 Å². The molecule has 2 rings (SSSR count). The van der Waals surface area contributed by atoms with Gasteiger partial charge in [-0.05, 0) is 30.3 Å². The SMILES string of the molecule is Nc1cc(F)c(Sc2cc(Br)ccc2C(F)(F)F)c(F)c1. The third-order valence-corrected chi connectivity index (χ3v) is 4.13. The number of benzene rings is 2. The Labute approximate surface area is 129 Å². The largest absolute Gasteiger partial charge is 0.417 e. The molecule has 0 unspecified atom stereocenters. The van der Waals surface area contributed by atoms with Crippen LogP contribution in [0.15, 0.2) is 44.6 Å². The Hall–Kier alpha value is -1.28. The number of alkyl halides is 3. The van der Waals surface area contributed by atoms with Crippen LogP contribution in [0.3, 0.4) is 0 Å². The molecular weight excluding hydrogens is 377 g/mol. The maximum Gasteiger partial charge on any atom is 0.417 e. The highest BCUT2D eigenvalue weighted by Gasteiger charge is 2.34. The van der Waals surface area contributed by atoms with E-state index in [0.717, 1.165) is 24.3 Å². The minimum atomic E-state index is -4.62. The fourth-order valence-corrected chi connectivity index (χ4v) is 3.13. The first-order valence-corrected chi connectivity index (χ1v) is 7.08. The van der Waals surface area contributed by atoms with Crippen LogP contribution in [0.4, 0.5) is 27.6 Å². The normalized spacial score (nSPS) is 11.7. The third-order valence-electron chi connectivity index (χ3n) is 2.48. The second-order valence-electron chi connectivity index (χ2n) is 4.05. The van der Waals surface area contributed by atoms with E-state index < -0.39 is 28.3 Å². The van der Waals surface area contributed by atoms with Gasteiger partial charge in [-0.1, -0.05) is 27.7 Å². The van der Waals surface area contributed by atoms with Gasteiger partial charge < -0.3 is 5.73 Å². The predicted molar refractivity (Wildman–Crippen MR) is 74.0 cm³/mol. The van der Waals surface area contributed by atoms with Crippen LogP contribution in [0.5, 0.6) is 0 Å². The van der Waals surface area contributed by atoms with Crippen molar-refractivity contribution < 1.29 is 22.0 Å². The smallest absolute Gasteiger partial charge is 0.399 e. The van der Waals surface area contributed by atoms with Crippen molar-refractivity contribution in [2.75, 3.05) is 5.73 Å². The summed E-state index contributed by atoms with van der Waals surface area (Å²) in [5.74, 6) is -2.02. The van der Waals surface area contributed by atoms with E-state index in [9.17, 15) is 22.0 Å². The molecule has 0 heterocycles. The molecule has 2 aromatic rings. The van der Waals surface area contributed by atoms with E-state index in [2.05, 4.69) is 15.9 Å². The molecule has 0 atom stereocenters. The van der Waals surface area contributed by atoms with Crippen LogP contribution in [0.2, 0.25) is 0 Å². The van der Waals surface area contributed by atoms with Crippen LogP contribution in [-0.4, -0.2) is 0 Å². The number of halogens is 6. The van der Waals surface area contributed by atoms with E-state index in [-0.39, 0.29) is 10.6 Å². The second kappa shape index (κ2) is 5.84. The van der Waals surface area contributed by atoms with Crippen LogP contribution in [0.25, 0.3) is 0 Å². The summed E-state index contributed by atoms with van der Waals surface area (Å²) in [5, 5.41) is 0. The van der Waals surface area contributed by atoms with Crippen LogP contribution in [0, 0.1) is 11.6 Å². The van der Waals surface area contributed by atoms with Gasteiger partial charge in [-0.15, -0.1) is 0 Å². The Balaban J connectivity index is 2.52. The molecule has 1 nitrogen and oxygen atoms in total. The Kier molecular flexibility index (Phi) is 4.48. The first-order chi connectivity index (χ1) is 9.68. The number of hydrogen-bond acceptors (Lipinski definition) is 2. The predicted octanol–water partition coefficient (Wildman–Crippen LogP) is 5.48.